The van der Waals surface area contributed by atoms with E-state index < -0.39 is 0 Å². The Morgan fingerprint density at radius 1 is 0.750 bits per heavy atom. The van der Waals surface area contributed by atoms with Crippen molar-refractivity contribution in [3.05, 3.63) is 82.4 Å². The molecule has 6 heteroatoms. The predicted molar refractivity (Wildman–Crippen MR) is 109 cm³/mol. The summed E-state index contributed by atoms with van der Waals surface area (Å²) in [5.74, 6) is 0. The van der Waals surface area contributed by atoms with E-state index in [1.54, 1.807) is 12.4 Å². The van der Waals surface area contributed by atoms with Gasteiger partial charge in [-0.1, -0.05) is 12.1 Å². The van der Waals surface area contributed by atoms with Crippen molar-refractivity contribution in [2.45, 2.75) is 13.8 Å². The number of aromatic nitrogens is 2. The highest BCUT2D eigenvalue weighted by Crippen LogP contribution is 2.22. The van der Waals surface area contributed by atoms with Crippen molar-refractivity contribution in [2.75, 3.05) is 0 Å². The second kappa shape index (κ2) is 6.86. The Morgan fingerprint density at radius 2 is 1.18 bits per heavy atom. The summed E-state index contributed by atoms with van der Waals surface area (Å²) in [5, 5.41) is 27.3. The molecule has 4 aromatic rings. The first kappa shape index (κ1) is 17.3. The topological polar surface area (TPSA) is 81.1 Å². The van der Waals surface area contributed by atoms with Crippen LogP contribution in [-0.2, 0) is 0 Å². The van der Waals surface area contributed by atoms with Crippen LogP contribution in [0.1, 0.15) is 33.6 Å². The molecule has 0 fully saturated rings. The Kier molecular flexibility index (Phi) is 4.23. The molecule has 0 aliphatic carbocycles. The fraction of sp³-hybridized carbons (Fsp3) is 0.0909. The highest BCUT2D eigenvalue weighted by Gasteiger charge is 2.13. The lowest BCUT2D eigenvalue weighted by Crippen LogP contribution is -1.86. The predicted octanol–water partition coefficient (Wildman–Crippen LogP) is 4.01. The molecule has 0 bridgehead atoms. The molecule has 0 radical (unpaired) electrons. The smallest absolute Gasteiger partial charge is 0.128 e. The van der Waals surface area contributed by atoms with Crippen LogP contribution in [0.2, 0.25) is 0 Å². The van der Waals surface area contributed by atoms with E-state index in [0.29, 0.717) is 11.4 Å². The minimum absolute atomic E-state index is 0.592. The maximum absolute atomic E-state index is 9.43. The zero-order valence-electron chi connectivity index (χ0n) is 15.5. The summed E-state index contributed by atoms with van der Waals surface area (Å²) in [6.45, 7) is 3.81. The van der Waals surface area contributed by atoms with Gasteiger partial charge in [-0.2, -0.15) is 20.7 Å². The van der Waals surface area contributed by atoms with Gasteiger partial charge in [0.2, 0.25) is 0 Å². The second-order valence-corrected chi connectivity index (χ2v) is 6.40. The molecule has 4 aromatic heterocycles. The molecule has 0 spiro atoms. The van der Waals surface area contributed by atoms with Crippen LogP contribution in [0.3, 0.4) is 0 Å². The number of nitrogens with zero attached hydrogens (tertiary/aromatic N) is 6. The van der Waals surface area contributed by atoms with Crippen LogP contribution < -0.4 is 0 Å². The van der Waals surface area contributed by atoms with Gasteiger partial charge in [-0.3, -0.25) is 0 Å². The summed E-state index contributed by atoms with van der Waals surface area (Å²) < 4.78 is 3.70. The van der Waals surface area contributed by atoms with E-state index in [0.717, 1.165) is 33.3 Å². The van der Waals surface area contributed by atoms with Crippen LogP contribution in [0, 0.1) is 36.5 Å². The summed E-state index contributed by atoms with van der Waals surface area (Å²) >= 11 is 0. The normalized spacial score (nSPS) is 11.6. The third-order valence-corrected chi connectivity index (χ3v) is 4.92. The Bertz CT molecular complexity index is 1250. The summed E-state index contributed by atoms with van der Waals surface area (Å²) in [7, 11) is 0. The van der Waals surface area contributed by atoms with Crippen molar-refractivity contribution in [1.29, 1.82) is 10.5 Å². The minimum Gasteiger partial charge on any atom is -0.307 e. The zero-order chi connectivity index (χ0) is 19.7. The van der Waals surface area contributed by atoms with E-state index in [4.69, 9.17) is 0 Å². The Balaban J connectivity index is 1.74. The van der Waals surface area contributed by atoms with Crippen LogP contribution in [0.5, 0.6) is 0 Å². The van der Waals surface area contributed by atoms with E-state index in [1.807, 2.05) is 71.4 Å². The van der Waals surface area contributed by atoms with E-state index in [2.05, 4.69) is 22.3 Å². The Labute approximate surface area is 161 Å². The van der Waals surface area contributed by atoms with Gasteiger partial charge in [0.05, 0.1) is 23.5 Å². The molecular weight excluding hydrogens is 348 g/mol. The standard InChI is InChI=1S/C22H16N6/c1-15-17(19-7-3-5-9-27(19)21(15)11-23)13-25-26-14-18-16(2)22(12-24)28-10-6-4-8-20(18)28/h3-10,13-14H,1-2H3. The molecule has 0 atom stereocenters. The molecule has 6 nitrogen and oxygen atoms in total. The maximum Gasteiger partial charge on any atom is 0.128 e. The number of hydrogen-bond donors (Lipinski definition) is 0. The van der Waals surface area contributed by atoms with Gasteiger partial charge in [0.1, 0.15) is 23.5 Å². The number of pyridine rings is 2. The number of nitriles is 2. The van der Waals surface area contributed by atoms with Crippen molar-refractivity contribution < 1.29 is 0 Å². The minimum atomic E-state index is 0.592. The third kappa shape index (κ3) is 2.56. The highest BCUT2D eigenvalue weighted by atomic mass is 15.2. The fourth-order valence-electron chi connectivity index (χ4n) is 3.50. The molecule has 4 rings (SSSR count). The van der Waals surface area contributed by atoms with Gasteiger partial charge in [0.25, 0.3) is 0 Å². The summed E-state index contributed by atoms with van der Waals surface area (Å²) in [6.07, 6.45) is 7.06. The van der Waals surface area contributed by atoms with Crippen LogP contribution in [0.25, 0.3) is 11.0 Å². The molecule has 28 heavy (non-hydrogen) atoms. The average Bonchev–Trinajstić information content (AvgIpc) is 3.15. The van der Waals surface area contributed by atoms with Crippen molar-refractivity contribution >= 4 is 23.5 Å². The number of hydrogen-bond acceptors (Lipinski definition) is 4. The first-order valence-electron chi connectivity index (χ1n) is 8.73. The van der Waals surface area contributed by atoms with Gasteiger partial charge >= 0.3 is 0 Å². The molecule has 134 valence electrons. The molecule has 0 N–H and O–H groups in total. The van der Waals surface area contributed by atoms with Crippen molar-refractivity contribution in [3.8, 4) is 12.1 Å². The average molecular weight is 364 g/mol. The fourth-order valence-corrected chi connectivity index (χ4v) is 3.50. The first-order chi connectivity index (χ1) is 13.7. The molecule has 4 heterocycles. The van der Waals surface area contributed by atoms with E-state index >= 15 is 0 Å². The van der Waals surface area contributed by atoms with Crippen LogP contribution in [-0.4, -0.2) is 21.2 Å². The third-order valence-electron chi connectivity index (χ3n) is 4.92. The molecule has 0 amide bonds. The van der Waals surface area contributed by atoms with Crippen LogP contribution in [0.4, 0.5) is 0 Å². The molecule has 0 saturated carbocycles. The van der Waals surface area contributed by atoms with Gasteiger partial charge < -0.3 is 8.80 Å². The molecule has 0 aromatic carbocycles. The lowest BCUT2D eigenvalue weighted by Gasteiger charge is -1.95. The first-order valence-corrected chi connectivity index (χ1v) is 8.73. The quantitative estimate of drug-likeness (QED) is 0.407. The number of rotatable bonds is 3. The van der Waals surface area contributed by atoms with E-state index in [9.17, 15) is 10.5 Å². The van der Waals surface area contributed by atoms with Crippen molar-refractivity contribution in [3.63, 3.8) is 0 Å². The van der Waals surface area contributed by atoms with E-state index in [1.165, 1.54) is 0 Å². The second-order valence-electron chi connectivity index (χ2n) is 6.40. The van der Waals surface area contributed by atoms with Crippen LogP contribution >= 0.6 is 0 Å². The molecular formula is C22H16N6. The van der Waals surface area contributed by atoms with Gasteiger partial charge in [0, 0.05) is 23.5 Å². The Hall–Kier alpha value is -4.16. The lowest BCUT2D eigenvalue weighted by molar-refractivity contribution is 1.14. The van der Waals surface area contributed by atoms with Crippen molar-refractivity contribution in [2.24, 2.45) is 10.2 Å². The lowest BCUT2D eigenvalue weighted by atomic mass is 10.1. The van der Waals surface area contributed by atoms with Crippen molar-refractivity contribution in [1.82, 2.24) is 8.80 Å². The summed E-state index contributed by atoms with van der Waals surface area (Å²) in [5.41, 5.74) is 6.47. The molecule has 0 unspecified atom stereocenters. The highest BCUT2D eigenvalue weighted by molar-refractivity contribution is 5.95. The molecule has 0 aliphatic rings. The summed E-state index contributed by atoms with van der Waals surface area (Å²) in [4.78, 5) is 0. The van der Waals surface area contributed by atoms with Gasteiger partial charge in [-0.15, -0.1) is 0 Å². The van der Waals surface area contributed by atoms with Gasteiger partial charge in [-0.25, -0.2) is 0 Å². The Morgan fingerprint density at radius 3 is 1.57 bits per heavy atom. The molecule has 0 aliphatic heterocycles. The van der Waals surface area contributed by atoms with Gasteiger partial charge in [0.15, 0.2) is 0 Å². The number of fused-ring (bicyclic) bond motifs is 2. The van der Waals surface area contributed by atoms with E-state index in [-0.39, 0.29) is 0 Å². The largest absolute Gasteiger partial charge is 0.307 e. The maximum atomic E-state index is 9.43. The van der Waals surface area contributed by atoms with Crippen LogP contribution in [0.15, 0.2) is 59.0 Å². The van der Waals surface area contributed by atoms with Gasteiger partial charge in [-0.05, 0) is 49.2 Å². The molecule has 0 saturated heterocycles. The SMILES string of the molecule is Cc1c(C=NN=Cc2c(C)c(C#N)n3ccccc23)c2ccccn2c1C#N. The summed E-state index contributed by atoms with van der Waals surface area (Å²) in [6, 6.07) is 16.0. The zero-order valence-corrected chi connectivity index (χ0v) is 15.5. The monoisotopic (exact) mass is 364 g/mol.